The van der Waals surface area contributed by atoms with E-state index in [1.54, 1.807) is 58.0 Å². The lowest BCUT2D eigenvalue weighted by Crippen LogP contribution is -2.60. The van der Waals surface area contributed by atoms with Gasteiger partial charge in [0.15, 0.2) is 18.2 Å². The molecule has 0 saturated carbocycles. The molecule has 12 heteroatoms. The fourth-order valence-corrected chi connectivity index (χ4v) is 7.15. The zero-order chi connectivity index (χ0) is 36.8. The number of rotatable bonds is 8. The lowest BCUT2D eigenvalue weighted by atomic mass is 9.76. The van der Waals surface area contributed by atoms with Crippen molar-refractivity contribution in [3.63, 3.8) is 0 Å². The van der Waals surface area contributed by atoms with Gasteiger partial charge in [0, 0.05) is 18.9 Å². The van der Waals surface area contributed by atoms with Crippen LogP contribution in [0.5, 0.6) is 0 Å². The Bertz CT molecular complexity index is 1300. The van der Waals surface area contributed by atoms with Crippen LogP contribution in [0.2, 0.25) is 0 Å². The van der Waals surface area contributed by atoms with E-state index in [2.05, 4.69) is 0 Å². The normalized spacial score (nSPS) is 39.4. The second-order valence-electron chi connectivity index (χ2n) is 14.3. The maximum Gasteiger partial charge on any atom is 0.338 e. The summed E-state index contributed by atoms with van der Waals surface area (Å²) in [7, 11) is 5.24. The van der Waals surface area contributed by atoms with Crippen molar-refractivity contribution >= 4 is 17.7 Å². The van der Waals surface area contributed by atoms with Crippen molar-refractivity contribution in [2.75, 3.05) is 27.8 Å². The van der Waals surface area contributed by atoms with Gasteiger partial charge in [-0.25, -0.2) is 4.79 Å². The summed E-state index contributed by atoms with van der Waals surface area (Å²) in [6, 6.07) is 8.31. The van der Waals surface area contributed by atoms with Gasteiger partial charge in [0.2, 0.25) is 0 Å². The lowest BCUT2D eigenvalue weighted by molar-refractivity contribution is -0.300. The van der Waals surface area contributed by atoms with E-state index in [-0.39, 0.29) is 36.3 Å². The van der Waals surface area contributed by atoms with Crippen LogP contribution >= 0.6 is 0 Å². The number of esters is 2. The van der Waals surface area contributed by atoms with Gasteiger partial charge in [-0.15, -0.1) is 0 Å². The first-order valence-electron chi connectivity index (χ1n) is 17.2. The maximum atomic E-state index is 13.7. The first-order valence-corrected chi connectivity index (χ1v) is 17.2. The van der Waals surface area contributed by atoms with Crippen molar-refractivity contribution in [2.45, 2.75) is 122 Å². The Balaban J connectivity index is 2.13. The van der Waals surface area contributed by atoms with Crippen molar-refractivity contribution < 1.29 is 53.4 Å². The third-order valence-electron chi connectivity index (χ3n) is 10.2. The summed E-state index contributed by atoms with van der Waals surface area (Å²) in [6.07, 6.45) is -3.82. The molecule has 3 rings (SSSR count). The third-order valence-corrected chi connectivity index (χ3v) is 10.2. The Morgan fingerprint density at radius 1 is 1.10 bits per heavy atom. The second kappa shape index (κ2) is 17.0. The van der Waals surface area contributed by atoms with Gasteiger partial charge in [-0.1, -0.05) is 39.0 Å². The molecular weight excluding hydrogens is 634 g/mol. The Morgan fingerprint density at radius 2 is 1.73 bits per heavy atom. The molecule has 1 aromatic carbocycles. The molecule has 1 aromatic rings. The molecule has 2 heterocycles. The molecule has 276 valence electrons. The molecule has 0 aliphatic carbocycles. The van der Waals surface area contributed by atoms with Crippen LogP contribution in [-0.4, -0.2) is 120 Å². The zero-order valence-electron chi connectivity index (χ0n) is 30.6. The second-order valence-corrected chi connectivity index (χ2v) is 14.3. The van der Waals surface area contributed by atoms with E-state index in [4.69, 9.17) is 23.7 Å². The van der Waals surface area contributed by atoms with Crippen LogP contribution in [-0.2, 0) is 33.3 Å². The average Bonchev–Trinajstić information content (AvgIpc) is 3.08. The van der Waals surface area contributed by atoms with Gasteiger partial charge in [0.05, 0.1) is 48.0 Å². The van der Waals surface area contributed by atoms with Crippen LogP contribution < -0.4 is 0 Å². The first-order chi connectivity index (χ1) is 22.9. The number of Topliss-reactive ketones (excluding diaryl/α,β-unsaturated/α-hetero) is 1. The summed E-state index contributed by atoms with van der Waals surface area (Å²) in [6.45, 7) is 11.0. The number of aliphatic hydroxyl groups is 3. The Morgan fingerprint density at radius 3 is 2.29 bits per heavy atom. The van der Waals surface area contributed by atoms with Gasteiger partial charge in [-0.2, -0.15) is 0 Å². The highest BCUT2D eigenvalue weighted by Gasteiger charge is 2.51. The van der Waals surface area contributed by atoms with Gasteiger partial charge >= 0.3 is 11.9 Å². The minimum absolute atomic E-state index is 0.108. The molecule has 2 aliphatic heterocycles. The Hall–Kier alpha value is -2.71. The van der Waals surface area contributed by atoms with Crippen LogP contribution in [0.1, 0.15) is 78.1 Å². The molecule has 0 aromatic heterocycles. The number of benzene rings is 1. The SMILES string of the molecule is CCC1OC(=O)C(C)C(O)C(C)[C@@H](OC2OC(C)CC(N(C)C)[C@H]2OC(=O)c2ccccc2)[C@@](C)(OC)CC(C)C(=O)/C(C)=C/[C@@]1(O)CO. The van der Waals surface area contributed by atoms with Crippen LogP contribution in [0.3, 0.4) is 0 Å². The van der Waals surface area contributed by atoms with E-state index < -0.39 is 78.2 Å². The van der Waals surface area contributed by atoms with Crippen molar-refractivity contribution in [1.82, 2.24) is 4.90 Å². The van der Waals surface area contributed by atoms with E-state index in [1.807, 2.05) is 25.9 Å². The summed E-state index contributed by atoms with van der Waals surface area (Å²) in [5.74, 6) is -4.27. The molecule has 12 atom stereocenters. The lowest BCUT2D eigenvalue weighted by Gasteiger charge is -2.48. The monoisotopic (exact) mass is 691 g/mol. The molecule has 1 saturated heterocycles. The molecule has 12 nitrogen and oxygen atoms in total. The summed E-state index contributed by atoms with van der Waals surface area (Å²) in [5.41, 5.74) is -2.74. The molecule has 0 bridgehead atoms. The Kier molecular flexibility index (Phi) is 14.1. The number of allylic oxidation sites excluding steroid dienone is 1. The van der Waals surface area contributed by atoms with Gasteiger partial charge in [0.1, 0.15) is 11.7 Å². The summed E-state index contributed by atoms with van der Waals surface area (Å²) in [5, 5.41) is 33.3. The fraction of sp³-hybridized carbons (Fsp3) is 0.703. The number of carbonyl (C=O) groups excluding carboxylic acids is 3. The molecule has 8 unspecified atom stereocenters. The van der Waals surface area contributed by atoms with E-state index in [1.165, 1.54) is 27.0 Å². The van der Waals surface area contributed by atoms with Crippen LogP contribution in [0.4, 0.5) is 0 Å². The number of hydrogen-bond acceptors (Lipinski definition) is 12. The van der Waals surface area contributed by atoms with E-state index >= 15 is 0 Å². The number of hydrogen-bond donors (Lipinski definition) is 3. The van der Waals surface area contributed by atoms with Gasteiger partial charge in [-0.05, 0) is 84.8 Å². The quantitative estimate of drug-likeness (QED) is 0.342. The molecule has 49 heavy (non-hydrogen) atoms. The molecule has 0 radical (unpaired) electrons. The Labute approximate surface area is 290 Å². The average molecular weight is 692 g/mol. The largest absolute Gasteiger partial charge is 0.459 e. The summed E-state index contributed by atoms with van der Waals surface area (Å²) in [4.78, 5) is 42.6. The summed E-state index contributed by atoms with van der Waals surface area (Å²) < 4.78 is 31.1. The molecular formula is C37H57NO11. The number of methoxy groups -OCH3 is 1. The van der Waals surface area contributed by atoms with Gasteiger partial charge in [0.25, 0.3) is 0 Å². The highest BCUT2D eigenvalue weighted by atomic mass is 16.7. The fourth-order valence-electron chi connectivity index (χ4n) is 7.15. The maximum absolute atomic E-state index is 13.7. The van der Waals surface area contributed by atoms with E-state index in [0.29, 0.717) is 12.0 Å². The molecule has 3 N–H and O–H groups in total. The van der Waals surface area contributed by atoms with E-state index in [0.717, 1.165) is 0 Å². The number of aliphatic hydroxyl groups excluding tert-OH is 2. The predicted molar refractivity (Wildman–Crippen MR) is 181 cm³/mol. The molecule has 0 amide bonds. The number of cyclic esters (lactones) is 1. The predicted octanol–water partition coefficient (Wildman–Crippen LogP) is 3.30. The number of carbonyl (C=O) groups is 3. The van der Waals surface area contributed by atoms with Crippen molar-refractivity contribution in [3.8, 4) is 0 Å². The van der Waals surface area contributed by atoms with Crippen molar-refractivity contribution in [3.05, 3.63) is 47.5 Å². The van der Waals surface area contributed by atoms with Crippen LogP contribution in [0.15, 0.2) is 42.0 Å². The first kappa shape index (κ1) is 40.7. The number of ether oxygens (including phenoxy) is 5. The highest BCUT2D eigenvalue weighted by Crippen LogP contribution is 2.39. The van der Waals surface area contributed by atoms with Crippen molar-refractivity contribution in [2.24, 2.45) is 17.8 Å². The van der Waals surface area contributed by atoms with Crippen LogP contribution in [0.25, 0.3) is 0 Å². The van der Waals surface area contributed by atoms with E-state index in [9.17, 15) is 29.7 Å². The van der Waals surface area contributed by atoms with Gasteiger partial charge in [-0.3, -0.25) is 9.59 Å². The van der Waals surface area contributed by atoms with Crippen LogP contribution in [0, 0.1) is 17.8 Å². The minimum Gasteiger partial charge on any atom is -0.459 e. The van der Waals surface area contributed by atoms with Crippen molar-refractivity contribution in [1.29, 1.82) is 0 Å². The molecule has 2 aliphatic rings. The van der Waals surface area contributed by atoms with Gasteiger partial charge < -0.3 is 43.9 Å². The standard InChI is InChI=1S/C37H57NO11/c1-11-28-37(44,20-39)19-22(3)29(40)21(2)18-36(7,45-10)32(24(5)30(41)25(6)33(42)47-28)49-35-31(27(38(8)9)17-23(4)46-35)48-34(43)26-15-13-12-14-16-26/h12-16,19,21,23-25,27-28,30-32,35,39,41,44H,11,17-18,20H2,1-10H3/b22-19+/t21?,23?,24?,25?,27?,28?,30?,31-,32-,35?,36+,37-/m1/s1. The zero-order valence-corrected chi connectivity index (χ0v) is 30.6. The number of nitrogens with zero attached hydrogens (tertiary/aromatic N) is 1. The summed E-state index contributed by atoms with van der Waals surface area (Å²) >= 11 is 0. The molecule has 1 fully saturated rings. The topological polar surface area (TPSA) is 161 Å². The highest BCUT2D eigenvalue weighted by molar-refractivity contribution is 5.96. The minimum atomic E-state index is -2.02. The smallest absolute Gasteiger partial charge is 0.338 e. The molecule has 0 spiro atoms. The third kappa shape index (κ3) is 9.35. The number of ketones is 1. The number of likely N-dealkylation sites (N-methyl/N-ethyl adjacent to an activating group) is 1.